The van der Waals surface area contributed by atoms with Crippen molar-refractivity contribution in [3.05, 3.63) is 71.8 Å². The minimum absolute atomic E-state index is 0.161. The Balaban J connectivity index is 1.76. The number of aliphatic hydroxyl groups excluding tert-OH is 4. The molecule has 1 heterocycles. The minimum atomic E-state index is -1.60. The Morgan fingerprint density at radius 3 is 2.17 bits per heavy atom. The lowest BCUT2D eigenvalue weighted by atomic mass is 9.99. The highest BCUT2D eigenvalue weighted by Crippen LogP contribution is 2.24. The zero-order valence-corrected chi connectivity index (χ0v) is 15.6. The van der Waals surface area contributed by atoms with Gasteiger partial charge < -0.3 is 34.6 Å². The second-order valence-corrected chi connectivity index (χ2v) is 6.72. The van der Waals surface area contributed by atoms with Crippen LogP contribution in [0.5, 0.6) is 0 Å². The summed E-state index contributed by atoms with van der Waals surface area (Å²) < 4.78 is 16.5. The molecule has 6 atom stereocenters. The van der Waals surface area contributed by atoms with E-state index in [4.69, 9.17) is 14.2 Å². The lowest BCUT2D eigenvalue weighted by molar-refractivity contribution is -0.330. The summed E-state index contributed by atoms with van der Waals surface area (Å²) in [6.07, 6.45) is -8.21. The highest BCUT2D eigenvalue weighted by molar-refractivity contribution is 5.89. The predicted molar refractivity (Wildman–Crippen MR) is 101 cm³/mol. The Morgan fingerprint density at radius 1 is 0.931 bits per heavy atom. The van der Waals surface area contributed by atoms with Crippen molar-refractivity contribution < 1.29 is 39.4 Å². The molecule has 0 spiro atoms. The third-order valence-electron chi connectivity index (χ3n) is 4.63. The summed E-state index contributed by atoms with van der Waals surface area (Å²) in [7, 11) is 0. The summed E-state index contributed by atoms with van der Waals surface area (Å²) in [6.45, 7) is -0.585. The number of aliphatic hydroxyl groups is 4. The van der Waals surface area contributed by atoms with Gasteiger partial charge in [0, 0.05) is 6.42 Å². The normalized spacial score (nSPS) is 27.9. The number of rotatable bonds is 7. The fourth-order valence-corrected chi connectivity index (χ4v) is 3.02. The summed E-state index contributed by atoms with van der Waals surface area (Å²) in [6, 6.07) is 17.5. The molecular weight excluding hydrogens is 380 g/mol. The molecule has 2 aromatic carbocycles. The van der Waals surface area contributed by atoms with Gasteiger partial charge in [-0.05, 0) is 17.7 Å². The zero-order valence-electron chi connectivity index (χ0n) is 15.6. The first-order chi connectivity index (χ1) is 14.0. The van der Waals surface area contributed by atoms with Crippen LogP contribution in [0.4, 0.5) is 0 Å². The van der Waals surface area contributed by atoms with Crippen molar-refractivity contribution in [1.82, 2.24) is 0 Å². The lowest BCUT2D eigenvalue weighted by Gasteiger charge is -2.40. The number of ether oxygens (including phenoxy) is 3. The van der Waals surface area contributed by atoms with Gasteiger partial charge in [0.1, 0.15) is 24.4 Å². The molecule has 1 unspecified atom stereocenters. The number of carbonyl (C=O) groups is 1. The number of hydrogen-bond donors (Lipinski definition) is 4. The van der Waals surface area contributed by atoms with Gasteiger partial charge in [0.2, 0.25) is 6.29 Å². The van der Waals surface area contributed by atoms with E-state index in [9.17, 15) is 25.2 Å². The minimum Gasteiger partial charge on any atom is -0.432 e. The Labute approximate surface area is 167 Å². The van der Waals surface area contributed by atoms with Crippen LogP contribution in [0, 0.1) is 0 Å². The van der Waals surface area contributed by atoms with Crippen LogP contribution >= 0.6 is 0 Å². The standard InChI is InChI=1S/C21H24O8/c22-12-15-17(23)18(24)19(25)21(27-15)29-16(11-13-7-3-1-4-8-13)28-20(26)14-9-5-2-6-10-14/h1-10,15-19,21-25H,11-12H2/t15-,16?,17-,18+,19-,21+/m0/s1. The van der Waals surface area contributed by atoms with Crippen LogP contribution in [-0.2, 0) is 20.6 Å². The van der Waals surface area contributed by atoms with E-state index < -0.39 is 49.6 Å². The Hall–Kier alpha value is -2.33. The Morgan fingerprint density at radius 2 is 1.55 bits per heavy atom. The van der Waals surface area contributed by atoms with Gasteiger partial charge in [-0.3, -0.25) is 0 Å². The van der Waals surface area contributed by atoms with Gasteiger partial charge in [-0.25, -0.2) is 4.79 Å². The molecule has 0 aliphatic carbocycles. The van der Waals surface area contributed by atoms with Gasteiger partial charge in [-0.1, -0.05) is 48.5 Å². The molecule has 0 amide bonds. The fraction of sp³-hybridized carbons (Fsp3) is 0.381. The van der Waals surface area contributed by atoms with Gasteiger partial charge >= 0.3 is 5.97 Å². The molecule has 1 aliphatic heterocycles. The van der Waals surface area contributed by atoms with Crippen LogP contribution in [-0.4, -0.2) is 70.0 Å². The van der Waals surface area contributed by atoms with E-state index in [-0.39, 0.29) is 6.42 Å². The van der Waals surface area contributed by atoms with Crippen molar-refractivity contribution in [2.75, 3.05) is 6.61 Å². The van der Waals surface area contributed by atoms with Crippen molar-refractivity contribution in [3.8, 4) is 0 Å². The van der Waals surface area contributed by atoms with Gasteiger partial charge in [0.25, 0.3) is 0 Å². The highest BCUT2D eigenvalue weighted by Gasteiger charge is 2.45. The Kier molecular flexibility index (Phi) is 7.32. The second-order valence-electron chi connectivity index (χ2n) is 6.72. The molecule has 1 aliphatic rings. The molecule has 1 saturated heterocycles. The molecular formula is C21H24O8. The van der Waals surface area contributed by atoms with Crippen LogP contribution in [0.15, 0.2) is 60.7 Å². The molecule has 0 radical (unpaired) electrons. The molecule has 29 heavy (non-hydrogen) atoms. The van der Waals surface area contributed by atoms with Crippen LogP contribution < -0.4 is 0 Å². The number of hydrogen-bond acceptors (Lipinski definition) is 8. The zero-order chi connectivity index (χ0) is 20.8. The van der Waals surface area contributed by atoms with E-state index in [1.54, 1.807) is 30.3 Å². The maximum atomic E-state index is 12.5. The van der Waals surface area contributed by atoms with Gasteiger partial charge in [0.05, 0.1) is 12.2 Å². The molecule has 8 nitrogen and oxygen atoms in total. The van der Waals surface area contributed by atoms with Gasteiger partial charge in [0.15, 0.2) is 6.29 Å². The van der Waals surface area contributed by atoms with E-state index in [1.165, 1.54) is 0 Å². The molecule has 0 bridgehead atoms. The fourth-order valence-electron chi connectivity index (χ4n) is 3.02. The molecule has 1 fully saturated rings. The highest BCUT2D eigenvalue weighted by atomic mass is 16.8. The van der Waals surface area contributed by atoms with Crippen LogP contribution in [0.25, 0.3) is 0 Å². The second kappa shape index (κ2) is 9.93. The molecule has 8 heteroatoms. The van der Waals surface area contributed by atoms with Crippen molar-refractivity contribution >= 4 is 5.97 Å². The van der Waals surface area contributed by atoms with Crippen molar-refractivity contribution in [2.24, 2.45) is 0 Å². The monoisotopic (exact) mass is 404 g/mol. The number of carbonyl (C=O) groups excluding carboxylic acids is 1. The van der Waals surface area contributed by atoms with Gasteiger partial charge in [-0.15, -0.1) is 0 Å². The topological polar surface area (TPSA) is 126 Å². The maximum absolute atomic E-state index is 12.5. The van der Waals surface area contributed by atoms with Crippen LogP contribution in [0.2, 0.25) is 0 Å². The smallest absolute Gasteiger partial charge is 0.340 e. The first-order valence-corrected chi connectivity index (χ1v) is 9.25. The predicted octanol–water partition coefficient (Wildman–Crippen LogP) is 0.229. The molecule has 0 saturated carbocycles. The first kappa shape index (κ1) is 21.4. The molecule has 2 aromatic rings. The maximum Gasteiger partial charge on any atom is 0.340 e. The quantitative estimate of drug-likeness (QED) is 0.382. The third-order valence-corrected chi connectivity index (χ3v) is 4.63. The largest absolute Gasteiger partial charge is 0.432 e. The van der Waals surface area contributed by atoms with Crippen molar-refractivity contribution in [3.63, 3.8) is 0 Å². The summed E-state index contributed by atoms with van der Waals surface area (Å²) in [4.78, 5) is 12.5. The van der Waals surface area contributed by atoms with E-state index in [0.717, 1.165) is 5.56 Å². The summed E-state index contributed by atoms with van der Waals surface area (Å²) in [5.74, 6) is -0.629. The molecule has 4 N–H and O–H groups in total. The average Bonchev–Trinajstić information content (AvgIpc) is 2.75. The summed E-state index contributed by atoms with van der Waals surface area (Å²) in [5.41, 5.74) is 1.13. The van der Waals surface area contributed by atoms with E-state index in [2.05, 4.69) is 0 Å². The summed E-state index contributed by atoms with van der Waals surface area (Å²) in [5, 5.41) is 39.4. The molecule has 3 rings (SSSR count). The molecule has 0 aromatic heterocycles. The molecule has 156 valence electrons. The van der Waals surface area contributed by atoms with Crippen molar-refractivity contribution in [1.29, 1.82) is 0 Å². The third kappa shape index (κ3) is 5.39. The SMILES string of the molecule is O=C(OC(Cc1ccccc1)O[C@H]1O[C@@H](CO)[C@H](O)[C@@H](O)[C@@H]1O)c1ccccc1. The number of benzene rings is 2. The van der Waals surface area contributed by atoms with E-state index >= 15 is 0 Å². The van der Waals surface area contributed by atoms with E-state index in [1.807, 2.05) is 30.3 Å². The average molecular weight is 404 g/mol. The lowest BCUT2D eigenvalue weighted by Crippen LogP contribution is -2.59. The van der Waals surface area contributed by atoms with Crippen molar-refractivity contribution in [2.45, 2.75) is 43.4 Å². The number of esters is 1. The van der Waals surface area contributed by atoms with Gasteiger partial charge in [-0.2, -0.15) is 0 Å². The first-order valence-electron chi connectivity index (χ1n) is 9.25. The van der Waals surface area contributed by atoms with Crippen LogP contribution in [0.1, 0.15) is 15.9 Å². The van der Waals surface area contributed by atoms with Crippen LogP contribution in [0.3, 0.4) is 0 Å². The summed E-state index contributed by atoms with van der Waals surface area (Å²) >= 11 is 0. The van der Waals surface area contributed by atoms with E-state index in [0.29, 0.717) is 5.56 Å². The Bertz CT molecular complexity index is 767.